The summed E-state index contributed by atoms with van der Waals surface area (Å²) in [7, 11) is 0. The Morgan fingerprint density at radius 2 is 1.70 bits per heavy atom. The highest BCUT2D eigenvalue weighted by atomic mass is 79.9. The van der Waals surface area contributed by atoms with Crippen molar-refractivity contribution < 1.29 is 21.5 Å². The van der Waals surface area contributed by atoms with Crippen molar-refractivity contribution in [3.8, 4) is 0 Å². The molecule has 0 saturated heterocycles. The lowest BCUT2D eigenvalue weighted by Crippen LogP contribution is -3.00. The Bertz CT molecular complexity index is 821. The Morgan fingerprint density at radius 3 is 2.41 bits per heavy atom. The zero-order chi connectivity index (χ0) is 18.6. The fraction of sp³-hybridized carbons (Fsp3) is 0.333. The van der Waals surface area contributed by atoms with E-state index in [0.29, 0.717) is 0 Å². The maximum Gasteiger partial charge on any atom is 0.0971 e. The second-order valence-electron chi connectivity index (χ2n) is 7.17. The molecule has 1 heterocycles. The van der Waals surface area contributed by atoms with Gasteiger partial charge >= 0.3 is 0 Å². The maximum atomic E-state index is 3.97. The molecule has 3 rings (SSSR count). The molecule has 0 amide bonds. The van der Waals surface area contributed by atoms with Crippen LogP contribution in [-0.2, 0) is 0 Å². The highest BCUT2D eigenvalue weighted by molar-refractivity contribution is 7.99. The molecule has 0 aromatic heterocycles. The third kappa shape index (κ3) is 4.77. The molecule has 0 radical (unpaired) electrons. The van der Waals surface area contributed by atoms with Gasteiger partial charge in [0.25, 0.3) is 0 Å². The summed E-state index contributed by atoms with van der Waals surface area (Å²) in [6.45, 7) is 15.3. The first-order valence-corrected chi connectivity index (χ1v) is 10.5. The summed E-state index contributed by atoms with van der Waals surface area (Å²) in [5.74, 6) is 0. The van der Waals surface area contributed by atoms with E-state index < -0.39 is 0 Å². The van der Waals surface area contributed by atoms with Gasteiger partial charge in [0.05, 0.1) is 26.2 Å². The van der Waals surface area contributed by atoms with Crippen LogP contribution in [0.1, 0.15) is 37.0 Å². The number of rotatable bonds is 7. The van der Waals surface area contributed by atoms with Gasteiger partial charge in [0.15, 0.2) is 0 Å². The van der Waals surface area contributed by atoms with Gasteiger partial charge in [-0.1, -0.05) is 60.3 Å². The summed E-state index contributed by atoms with van der Waals surface area (Å²) >= 11 is 1.89. The summed E-state index contributed by atoms with van der Waals surface area (Å²) < 4.78 is 1.12. The summed E-state index contributed by atoms with van der Waals surface area (Å²) in [6, 6.07) is 15.6. The lowest BCUT2D eigenvalue weighted by Gasteiger charge is -2.35. The predicted molar refractivity (Wildman–Crippen MR) is 115 cm³/mol. The second-order valence-corrected chi connectivity index (χ2v) is 8.26. The molecule has 0 spiro atoms. The fourth-order valence-electron chi connectivity index (χ4n) is 3.85. The lowest BCUT2D eigenvalue weighted by atomic mass is 9.95. The number of aryl methyl sites for hydroxylation is 1. The summed E-state index contributed by atoms with van der Waals surface area (Å²) in [5, 5.41) is 0. The van der Waals surface area contributed by atoms with Gasteiger partial charge < -0.3 is 21.5 Å². The minimum atomic E-state index is 0. The van der Waals surface area contributed by atoms with Crippen molar-refractivity contribution in [3.05, 3.63) is 77.9 Å². The Balaban J connectivity index is 0.00000261. The third-order valence-corrected chi connectivity index (χ3v) is 6.78. The molecule has 0 bridgehead atoms. The fourth-order valence-corrected chi connectivity index (χ4v) is 4.94. The number of likely N-dealkylation sites (N-methyl/N-ethyl adjacent to an activating group) is 1. The van der Waals surface area contributed by atoms with Crippen LogP contribution in [0, 0.1) is 6.92 Å². The average Bonchev–Trinajstić information content (AvgIpc) is 2.67. The van der Waals surface area contributed by atoms with Crippen molar-refractivity contribution in [2.45, 2.75) is 37.0 Å². The van der Waals surface area contributed by atoms with Crippen LogP contribution in [-0.4, -0.2) is 30.7 Å². The molecule has 2 aromatic rings. The van der Waals surface area contributed by atoms with Gasteiger partial charge in [-0.2, -0.15) is 0 Å². The van der Waals surface area contributed by atoms with Crippen molar-refractivity contribution in [2.24, 2.45) is 0 Å². The van der Waals surface area contributed by atoms with E-state index in [1.54, 1.807) is 0 Å². The molecule has 144 valence electrons. The molecular weight excluding hydrogens is 414 g/mol. The summed E-state index contributed by atoms with van der Waals surface area (Å²) in [4.78, 5) is 2.74. The predicted octanol–water partition coefficient (Wildman–Crippen LogP) is 3.33. The molecule has 0 aliphatic carbocycles. The van der Waals surface area contributed by atoms with E-state index in [0.717, 1.165) is 30.5 Å². The number of hydrogen-bond acceptors (Lipinski definition) is 1. The normalized spacial score (nSPS) is 14.3. The van der Waals surface area contributed by atoms with Crippen molar-refractivity contribution in [1.29, 1.82) is 0 Å². The van der Waals surface area contributed by atoms with Gasteiger partial charge in [-0.25, -0.2) is 0 Å². The Morgan fingerprint density at radius 1 is 1.00 bits per heavy atom. The molecule has 27 heavy (non-hydrogen) atoms. The van der Waals surface area contributed by atoms with Gasteiger partial charge in [-0.05, 0) is 55.7 Å². The van der Waals surface area contributed by atoms with E-state index in [1.807, 2.05) is 11.8 Å². The van der Waals surface area contributed by atoms with Gasteiger partial charge in [0.1, 0.15) is 0 Å². The minimum absolute atomic E-state index is 0. The van der Waals surface area contributed by atoms with Crippen LogP contribution >= 0.6 is 11.8 Å². The average molecular weight is 444 g/mol. The monoisotopic (exact) mass is 443 g/mol. The topological polar surface area (TPSA) is 0 Å². The number of benzene rings is 2. The van der Waals surface area contributed by atoms with Crippen LogP contribution in [0.15, 0.2) is 71.0 Å². The second kappa shape index (κ2) is 9.77. The first-order valence-electron chi connectivity index (χ1n) is 9.67. The molecule has 0 fully saturated rings. The van der Waals surface area contributed by atoms with Crippen LogP contribution in [0.2, 0.25) is 0 Å². The van der Waals surface area contributed by atoms with E-state index in [4.69, 9.17) is 0 Å². The highest BCUT2D eigenvalue weighted by Crippen LogP contribution is 2.45. The quantitative estimate of drug-likeness (QED) is 0.398. The van der Waals surface area contributed by atoms with Crippen LogP contribution in [0.4, 0.5) is 0 Å². The number of halogens is 1. The highest BCUT2D eigenvalue weighted by Gasteiger charge is 2.23. The molecule has 0 saturated carbocycles. The van der Waals surface area contributed by atoms with Crippen molar-refractivity contribution in [2.75, 3.05) is 26.2 Å². The zero-order valence-electron chi connectivity index (χ0n) is 16.7. The smallest absolute Gasteiger partial charge is 0.0971 e. The first kappa shape index (κ1) is 22.0. The van der Waals surface area contributed by atoms with Crippen molar-refractivity contribution >= 4 is 17.3 Å². The Labute approximate surface area is 179 Å². The molecule has 0 N–H and O–H groups in total. The first-order chi connectivity index (χ1) is 12.6. The third-order valence-electron chi connectivity index (χ3n) is 5.63. The molecule has 0 atom stereocenters. The number of hydrogen-bond donors (Lipinski definition) is 0. The maximum absolute atomic E-state index is 3.97. The van der Waals surface area contributed by atoms with Crippen molar-refractivity contribution in [1.82, 2.24) is 0 Å². The number of nitrogens with zero attached hydrogens (tertiary/aromatic N) is 1. The van der Waals surface area contributed by atoms with Crippen LogP contribution in [0.3, 0.4) is 0 Å². The zero-order valence-corrected chi connectivity index (χ0v) is 19.1. The van der Waals surface area contributed by atoms with Gasteiger partial charge in [0, 0.05) is 16.2 Å². The van der Waals surface area contributed by atoms with Crippen LogP contribution in [0.25, 0.3) is 5.57 Å². The molecule has 1 nitrogen and oxygen atoms in total. The van der Waals surface area contributed by atoms with Crippen LogP contribution < -0.4 is 17.0 Å². The Kier molecular flexibility index (Phi) is 7.96. The van der Waals surface area contributed by atoms with E-state index >= 15 is 0 Å². The molecule has 0 unspecified atom stereocenters. The largest absolute Gasteiger partial charge is 1.00 e. The Hall–Kier alpha value is -1.29. The summed E-state index contributed by atoms with van der Waals surface area (Å²) in [5.41, 5.74) is 5.50. The molecule has 1 aliphatic heterocycles. The van der Waals surface area contributed by atoms with Gasteiger partial charge in [-0.15, -0.1) is 0 Å². The van der Waals surface area contributed by atoms with Crippen LogP contribution in [0.5, 0.6) is 0 Å². The van der Waals surface area contributed by atoms with Gasteiger partial charge in [0.2, 0.25) is 0 Å². The standard InChI is InChI=1S/C24H30NS.BrH/c1-5-16-25(6-2,7-3)17-10-12-20-21-11-8-9-13-23(21)26-24-15-14-19(4)18-22(20)24;/h5,8-9,11-15,18H,1,6-7,10,16-17H2,2-4H3;1H/q+1;/p-1/b20-12+;. The molecule has 2 aromatic carbocycles. The SMILES string of the molecule is C=CC[N+](CC)(CC)CC/C=C1\c2ccccc2Sc2ccc(C)cc21.[Br-]. The number of quaternary nitrogens is 1. The van der Waals surface area contributed by atoms with E-state index in [-0.39, 0.29) is 17.0 Å². The van der Waals surface area contributed by atoms with Gasteiger partial charge in [-0.3, -0.25) is 0 Å². The molecule has 3 heteroatoms. The van der Waals surface area contributed by atoms with E-state index in [1.165, 1.54) is 38.6 Å². The lowest BCUT2D eigenvalue weighted by molar-refractivity contribution is -0.919. The number of fused-ring (bicyclic) bond motifs is 2. The van der Waals surface area contributed by atoms with Crippen molar-refractivity contribution in [3.63, 3.8) is 0 Å². The minimum Gasteiger partial charge on any atom is -1.00 e. The van der Waals surface area contributed by atoms with E-state index in [2.05, 4.69) is 82.0 Å². The molecule has 1 aliphatic rings. The van der Waals surface area contributed by atoms with E-state index in [9.17, 15) is 0 Å². The summed E-state index contributed by atoms with van der Waals surface area (Å²) in [6.07, 6.45) is 5.64. The molecular formula is C24H30BrNS.